The van der Waals surface area contributed by atoms with Crippen molar-refractivity contribution in [3.05, 3.63) is 24.0 Å². The summed E-state index contributed by atoms with van der Waals surface area (Å²) in [5, 5.41) is 2.47. The Labute approximate surface area is 87.9 Å². The van der Waals surface area contributed by atoms with Gasteiger partial charge in [-0.25, -0.2) is 4.39 Å². The number of likely N-dealkylation sites (N-methyl/N-ethyl adjacent to an activating group) is 2. The summed E-state index contributed by atoms with van der Waals surface area (Å²) in [5.74, 6) is -0.602. The van der Waals surface area contributed by atoms with Gasteiger partial charge in [0.05, 0.1) is 12.2 Å². The molecule has 3 N–H and O–H groups in total. The minimum Gasteiger partial charge on any atom is -0.399 e. The number of rotatable bonds is 3. The minimum atomic E-state index is -0.429. The zero-order chi connectivity index (χ0) is 11.4. The second-order valence-electron chi connectivity index (χ2n) is 3.24. The molecule has 15 heavy (non-hydrogen) atoms. The van der Waals surface area contributed by atoms with Gasteiger partial charge in [-0.15, -0.1) is 0 Å². The number of benzene rings is 1. The lowest BCUT2D eigenvalue weighted by Crippen LogP contribution is -2.33. The summed E-state index contributed by atoms with van der Waals surface area (Å²) < 4.78 is 13.4. The van der Waals surface area contributed by atoms with E-state index in [0.717, 1.165) is 0 Å². The summed E-state index contributed by atoms with van der Waals surface area (Å²) in [5.41, 5.74) is 6.14. The lowest BCUT2D eigenvalue weighted by molar-refractivity contribution is -0.119. The van der Waals surface area contributed by atoms with Gasteiger partial charge < -0.3 is 16.0 Å². The number of halogens is 1. The molecular formula is C10H14FN3O. The number of carbonyl (C=O) groups is 1. The van der Waals surface area contributed by atoms with E-state index in [-0.39, 0.29) is 12.5 Å². The van der Waals surface area contributed by atoms with E-state index in [2.05, 4.69) is 5.32 Å². The molecule has 0 radical (unpaired) electrons. The Kier molecular flexibility index (Phi) is 3.49. The van der Waals surface area contributed by atoms with Gasteiger partial charge in [0.2, 0.25) is 5.91 Å². The summed E-state index contributed by atoms with van der Waals surface area (Å²) in [6.45, 7) is 0.108. The highest BCUT2D eigenvalue weighted by Crippen LogP contribution is 2.19. The molecule has 4 nitrogen and oxygen atoms in total. The van der Waals surface area contributed by atoms with E-state index in [1.165, 1.54) is 18.0 Å². The minimum absolute atomic E-state index is 0.108. The Balaban J connectivity index is 2.82. The summed E-state index contributed by atoms with van der Waals surface area (Å²) in [4.78, 5) is 12.6. The van der Waals surface area contributed by atoms with Gasteiger partial charge in [0, 0.05) is 19.8 Å². The molecule has 0 atom stereocenters. The fraction of sp³-hybridized carbons (Fsp3) is 0.300. The van der Waals surface area contributed by atoms with E-state index in [1.54, 1.807) is 19.2 Å². The molecular weight excluding hydrogens is 197 g/mol. The fourth-order valence-electron chi connectivity index (χ4n) is 1.21. The van der Waals surface area contributed by atoms with E-state index < -0.39 is 5.82 Å². The Morgan fingerprint density at radius 2 is 2.27 bits per heavy atom. The predicted molar refractivity (Wildman–Crippen MR) is 58.1 cm³/mol. The molecule has 0 spiro atoms. The third-order valence-electron chi connectivity index (χ3n) is 2.04. The van der Waals surface area contributed by atoms with Crippen molar-refractivity contribution in [3.8, 4) is 0 Å². The van der Waals surface area contributed by atoms with Crippen LogP contribution >= 0.6 is 0 Å². The fourth-order valence-corrected chi connectivity index (χ4v) is 1.21. The van der Waals surface area contributed by atoms with Crippen LogP contribution in [0.5, 0.6) is 0 Å². The van der Waals surface area contributed by atoms with Crippen LogP contribution in [-0.2, 0) is 4.79 Å². The second kappa shape index (κ2) is 4.63. The van der Waals surface area contributed by atoms with Crippen molar-refractivity contribution in [3.63, 3.8) is 0 Å². The molecule has 5 heteroatoms. The highest BCUT2D eigenvalue weighted by Gasteiger charge is 2.10. The first-order valence-corrected chi connectivity index (χ1v) is 4.51. The molecule has 0 aliphatic rings. The Bertz CT molecular complexity index is 368. The SMILES string of the molecule is CNC(=O)CN(C)c1ccc(N)cc1F. The molecule has 0 aliphatic carbocycles. The summed E-state index contributed by atoms with van der Waals surface area (Å²) in [7, 11) is 3.18. The number of nitrogens with two attached hydrogens (primary N) is 1. The molecule has 1 aromatic carbocycles. The van der Waals surface area contributed by atoms with Gasteiger partial charge in [-0.1, -0.05) is 0 Å². The maximum atomic E-state index is 13.4. The normalized spacial score (nSPS) is 9.80. The van der Waals surface area contributed by atoms with Gasteiger partial charge in [0.15, 0.2) is 0 Å². The van der Waals surface area contributed by atoms with Gasteiger partial charge in [-0.2, -0.15) is 0 Å². The molecule has 0 aromatic heterocycles. The van der Waals surface area contributed by atoms with Crippen molar-refractivity contribution in [1.29, 1.82) is 0 Å². The molecule has 1 rings (SSSR count). The number of hydrogen-bond acceptors (Lipinski definition) is 3. The maximum Gasteiger partial charge on any atom is 0.239 e. The van der Waals surface area contributed by atoms with E-state index in [1.807, 2.05) is 0 Å². The molecule has 0 heterocycles. The van der Waals surface area contributed by atoms with Crippen LogP contribution in [0.2, 0.25) is 0 Å². The number of amides is 1. The zero-order valence-electron chi connectivity index (χ0n) is 8.75. The number of anilines is 2. The maximum absolute atomic E-state index is 13.4. The van der Waals surface area contributed by atoms with Crippen LogP contribution in [0, 0.1) is 5.82 Å². The lowest BCUT2D eigenvalue weighted by Gasteiger charge is -2.18. The Morgan fingerprint density at radius 1 is 1.60 bits per heavy atom. The zero-order valence-corrected chi connectivity index (χ0v) is 8.75. The highest BCUT2D eigenvalue weighted by atomic mass is 19.1. The number of nitrogens with zero attached hydrogens (tertiary/aromatic N) is 1. The van der Waals surface area contributed by atoms with Crippen LogP contribution in [0.3, 0.4) is 0 Å². The average Bonchev–Trinajstić information content (AvgIpc) is 2.17. The molecule has 0 bridgehead atoms. The van der Waals surface area contributed by atoms with Gasteiger partial charge in [-0.3, -0.25) is 4.79 Å². The van der Waals surface area contributed by atoms with Crippen molar-refractivity contribution < 1.29 is 9.18 Å². The summed E-state index contributed by atoms with van der Waals surface area (Å²) >= 11 is 0. The van der Waals surface area contributed by atoms with Crippen molar-refractivity contribution in [1.82, 2.24) is 5.32 Å². The summed E-state index contributed by atoms with van der Waals surface area (Å²) in [6, 6.07) is 4.38. The van der Waals surface area contributed by atoms with Crippen molar-refractivity contribution in [2.75, 3.05) is 31.3 Å². The number of nitrogens with one attached hydrogen (secondary N) is 1. The quantitative estimate of drug-likeness (QED) is 0.719. The molecule has 0 saturated carbocycles. The van der Waals surface area contributed by atoms with Crippen LogP contribution in [0.1, 0.15) is 0 Å². The van der Waals surface area contributed by atoms with E-state index in [4.69, 9.17) is 5.73 Å². The molecule has 0 aliphatic heterocycles. The van der Waals surface area contributed by atoms with Gasteiger partial charge >= 0.3 is 0 Å². The van der Waals surface area contributed by atoms with Gasteiger partial charge in [0.1, 0.15) is 5.82 Å². The van der Waals surface area contributed by atoms with Gasteiger partial charge in [-0.05, 0) is 18.2 Å². The van der Waals surface area contributed by atoms with Crippen LogP contribution in [0.25, 0.3) is 0 Å². The molecule has 82 valence electrons. The third-order valence-corrected chi connectivity index (χ3v) is 2.04. The van der Waals surface area contributed by atoms with Crippen LogP contribution in [0.4, 0.5) is 15.8 Å². The largest absolute Gasteiger partial charge is 0.399 e. The Hall–Kier alpha value is -1.78. The monoisotopic (exact) mass is 211 g/mol. The van der Waals surface area contributed by atoms with Gasteiger partial charge in [0.25, 0.3) is 0 Å². The summed E-state index contributed by atoms with van der Waals surface area (Å²) in [6.07, 6.45) is 0. The number of nitrogen functional groups attached to an aromatic ring is 1. The van der Waals surface area contributed by atoms with Crippen LogP contribution in [-0.4, -0.2) is 26.5 Å². The van der Waals surface area contributed by atoms with Crippen LogP contribution < -0.4 is 16.0 Å². The van der Waals surface area contributed by atoms with Crippen LogP contribution in [0.15, 0.2) is 18.2 Å². The predicted octanol–water partition coefficient (Wildman–Crippen LogP) is 0.590. The molecule has 1 aromatic rings. The average molecular weight is 211 g/mol. The smallest absolute Gasteiger partial charge is 0.239 e. The first-order valence-electron chi connectivity index (χ1n) is 4.51. The first kappa shape index (κ1) is 11.3. The number of hydrogen-bond donors (Lipinski definition) is 2. The van der Waals surface area contributed by atoms with Crippen molar-refractivity contribution in [2.24, 2.45) is 0 Å². The van der Waals surface area contributed by atoms with Crippen molar-refractivity contribution in [2.45, 2.75) is 0 Å². The highest BCUT2D eigenvalue weighted by molar-refractivity contribution is 5.81. The van der Waals surface area contributed by atoms with Crippen molar-refractivity contribution >= 4 is 17.3 Å². The van der Waals surface area contributed by atoms with E-state index in [9.17, 15) is 9.18 Å². The lowest BCUT2D eigenvalue weighted by atomic mass is 10.2. The second-order valence-corrected chi connectivity index (χ2v) is 3.24. The molecule has 0 unspecified atom stereocenters. The third kappa shape index (κ3) is 2.83. The topological polar surface area (TPSA) is 58.4 Å². The molecule has 0 fully saturated rings. The van der Waals surface area contributed by atoms with E-state index >= 15 is 0 Å². The molecule has 0 saturated heterocycles. The standard InChI is InChI=1S/C10H14FN3O/c1-13-10(15)6-14(2)9-4-3-7(12)5-8(9)11/h3-5H,6,12H2,1-2H3,(H,13,15). The first-order chi connectivity index (χ1) is 7.04. The Morgan fingerprint density at radius 3 is 2.80 bits per heavy atom. The van der Waals surface area contributed by atoms with E-state index in [0.29, 0.717) is 11.4 Å². The molecule has 1 amide bonds. The number of carbonyl (C=O) groups excluding carboxylic acids is 1.